The summed E-state index contributed by atoms with van der Waals surface area (Å²) in [4.78, 5) is 27.1. The Labute approximate surface area is 180 Å². The van der Waals surface area contributed by atoms with Crippen LogP contribution in [0.2, 0.25) is 0 Å². The molecule has 0 N–H and O–H groups in total. The number of likely N-dealkylation sites (tertiary alicyclic amines) is 1. The Kier molecular flexibility index (Phi) is 6.71. The van der Waals surface area contributed by atoms with Crippen molar-refractivity contribution in [3.05, 3.63) is 48.7 Å². The van der Waals surface area contributed by atoms with Gasteiger partial charge < -0.3 is 18.9 Å². The van der Waals surface area contributed by atoms with Crippen molar-refractivity contribution in [1.29, 1.82) is 0 Å². The lowest BCUT2D eigenvalue weighted by atomic mass is 9.95. The lowest BCUT2D eigenvalue weighted by Crippen LogP contribution is -2.42. The average molecular weight is 423 g/mol. The molecule has 162 valence electrons. The Morgan fingerprint density at radius 1 is 1.19 bits per heavy atom. The zero-order valence-corrected chi connectivity index (χ0v) is 17.4. The van der Waals surface area contributed by atoms with Gasteiger partial charge in [0.2, 0.25) is 11.7 Å². The zero-order valence-electron chi connectivity index (χ0n) is 17.4. The zero-order chi connectivity index (χ0) is 21.5. The van der Waals surface area contributed by atoms with Crippen molar-refractivity contribution in [2.24, 2.45) is 5.92 Å². The summed E-state index contributed by atoms with van der Waals surface area (Å²) in [5.74, 6) is 2.64. The molecule has 31 heavy (non-hydrogen) atoms. The fourth-order valence-electron chi connectivity index (χ4n) is 3.60. The van der Waals surface area contributed by atoms with Gasteiger partial charge in [0, 0.05) is 31.9 Å². The van der Waals surface area contributed by atoms with Crippen molar-refractivity contribution in [3.63, 3.8) is 0 Å². The Bertz CT molecular complexity index is 977. The quantitative estimate of drug-likeness (QED) is 0.545. The first-order valence-corrected chi connectivity index (χ1v) is 10.4. The SMILES string of the molecule is CCOc1ccc(OCC(=O)N2CCCC(Cc3nc(-c4cnccn4)no3)C2)cc1. The number of aromatic nitrogens is 4. The van der Waals surface area contributed by atoms with Crippen LogP contribution in [-0.2, 0) is 11.2 Å². The number of hydrogen-bond donors (Lipinski definition) is 0. The monoisotopic (exact) mass is 423 g/mol. The highest BCUT2D eigenvalue weighted by molar-refractivity contribution is 5.77. The second-order valence-corrected chi connectivity index (χ2v) is 7.35. The topological polar surface area (TPSA) is 103 Å². The van der Waals surface area contributed by atoms with E-state index >= 15 is 0 Å². The van der Waals surface area contributed by atoms with E-state index in [0.29, 0.717) is 42.7 Å². The molecule has 3 aromatic rings. The predicted molar refractivity (Wildman–Crippen MR) is 111 cm³/mol. The molecule has 9 heteroatoms. The second kappa shape index (κ2) is 10.0. The molecule has 1 aromatic carbocycles. The number of ether oxygens (including phenoxy) is 2. The van der Waals surface area contributed by atoms with Gasteiger partial charge in [0.15, 0.2) is 6.61 Å². The van der Waals surface area contributed by atoms with Crippen LogP contribution in [0.3, 0.4) is 0 Å². The highest BCUT2D eigenvalue weighted by Gasteiger charge is 2.26. The number of carbonyl (C=O) groups excluding carboxylic acids is 1. The first-order valence-electron chi connectivity index (χ1n) is 10.4. The van der Waals surface area contributed by atoms with E-state index in [1.807, 2.05) is 36.1 Å². The first kappa shape index (κ1) is 20.8. The molecule has 1 aliphatic heterocycles. The van der Waals surface area contributed by atoms with Crippen molar-refractivity contribution in [2.45, 2.75) is 26.2 Å². The molecule has 0 bridgehead atoms. The third kappa shape index (κ3) is 5.56. The van der Waals surface area contributed by atoms with Gasteiger partial charge in [-0.05, 0) is 49.9 Å². The molecule has 3 heterocycles. The van der Waals surface area contributed by atoms with E-state index in [1.165, 1.54) is 0 Å². The minimum Gasteiger partial charge on any atom is -0.494 e. The Hall–Kier alpha value is -3.49. The Morgan fingerprint density at radius 2 is 2.00 bits per heavy atom. The molecule has 0 spiro atoms. The van der Waals surface area contributed by atoms with E-state index in [0.717, 1.165) is 25.1 Å². The molecule has 0 radical (unpaired) electrons. The summed E-state index contributed by atoms with van der Waals surface area (Å²) in [5.41, 5.74) is 0.574. The van der Waals surface area contributed by atoms with Crippen LogP contribution in [-0.4, -0.2) is 57.2 Å². The van der Waals surface area contributed by atoms with Crippen molar-refractivity contribution in [3.8, 4) is 23.0 Å². The molecule has 0 saturated carbocycles. The number of carbonyl (C=O) groups is 1. The van der Waals surface area contributed by atoms with Crippen molar-refractivity contribution in [1.82, 2.24) is 25.0 Å². The molecule has 0 aliphatic carbocycles. The fraction of sp³-hybridized carbons (Fsp3) is 0.409. The molecule has 1 atom stereocenters. The average Bonchev–Trinajstić information content (AvgIpc) is 3.28. The van der Waals surface area contributed by atoms with Crippen molar-refractivity contribution in [2.75, 3.05) is 26.3 Å². The lowest BCUT2D eigenvalue weighted by molar-refractivity contribution is -0.135. The maximum Gasteiger partial charge on any atom is 0.260 e. The molecule has 1 saturated heterocycles. The predicted octanol–water partition coefficient (Wildman–Crippen LogP) is 2.79. The van der Waals surface area contributed by atoms with Crippen LogP contribution in [0.1, 0.15) is 25.7 Å². The molecular weight excluding hydrogens is 398 g/mol. The van der Waals surface area contributed by atoms with Gasteiger partial charge in [-0.2, -0.15) is 4.98 Å². The summed E-state index contributed by atoms with van der Waals surface area (Å²) in [6.45, 7) is 3.94. The molecule has 4 rings (SSSR count). The van der Waals surface area contributed by atoms with E-state index in [9.17, 15) is 4.79 Å². The maximum absolute atomic E-state index is 12.6. The molecule has 9 nitrogen and oxygen atoms in total. The van der Waals surface area contributed by atoms with Crippen LogP contribution >= 0.6 is 0 Å². The van der Waals surface area contributed by atoms with Gasteiger partial charge in [0.1, 0.15) is 17.2 Å². The lowest BCUT2D eigenvalue weighted by Gasteiger charge is -2.32. The third-order valence-corrected chi connectivity index (χ3v) is 5.09. The molecule has 1 unspecified atom stereocenters. The van der Waals surface area contributed by atoms with Gasteiger partial charge in [0.05, 0.1) is 12.8 Å². The smallest absolute Gasteiger partial charge is 0.260 e. The maximum atomic E-state index is 12.6. The minimum atomic E-state index is -0.0237. The van der Waals surface area contributed by atoms with Crippen LogP contribution in [0.25, 0.3) is 11.5 Å². The van der Waals surface area contributed by atoms with Crippen LogP contribution in [0.15, 0.2) is 47.4 Å². The fourth-order valence-corrected chi connectivity index (χ4v) is 3.60. The van der Waals surface area contributed by atoms with E-state index < -0.39 is 0 Å². The van der Waals surface area contributed by atoms with Gasteiger partial charge in [-0.1, -0.05) is 5.16 Å². The Morgan fingerprint density at radius 3 is 2.74 bits per heavy atom. The van der Waals surface area contributed by atoms with E-state index in [-0.39, 0.29) is 18.4 Å². The third-order valence-electron chi connectivity index (χ3n) is 5.09. The van der Waals surface area contributed by atoms with Crippen LogP contribution in [0.5, 0.6) is 11.5 Å². The normalized spacial score (nSPS) is 16.2. The van der Waals surface area contributed by atoms with Gasteiger partial charge in [-0.3, -0.25) is 9.78 Å². The summed E-state index contributed by atoms with van der Waals surface area (Å²) < 4.78 is 16.5. The van der Waals surface area contributed by atoms with Gasteiger partial charge in [-0.25, -0.2) is 4.98 Å². The van der Waals surface area contributed by atoms with Gasteiger partial charge >= 0.3 is 0 Å². The summed E-state index contributed by atoms with van der Waals surface area (Å²) >= 11 is 0. The van der Waals surface area contributed by atoms with Gasteiger partial charge in [0.25, 0.3) is 5.91 Å². The summed E-state index contributed by atoms with van der Waals surface area (Å²) in [7, 11) is 0. The molecule has 2 aromatic heterocycles. The first-order chi connectivity index (χ1) is 15.2. The number of nitrogens with zero attached hydrogens (tertiary/aromatic N) is 5. The number of amides is 1. The van der Waals surface area contributed by atoms with Gasteiger partial charge in [-0.15, -0.1) is 0 Å². The van der Waals surface area contributed by atoms with E-state index in [1.54, 1.807) is 18.6 Å². The second-order valence-electron chi connectivity index (χ2n) is 7.35. The summed E-state index contributed by atoms with van der Waals surface area (Å²) in [6, 6.07) is 7.28. The summed E-state index contributed by atoms with van der Waals surface area (Å²) in [6.07, 6.45) is 7.34. The number of rotatable bonds is 8. The molecule has 1 aliphatic rings. The van der Waals surface area contributed by atoms with Crippen molar-refractivity contribution < 1.29 is 18.8 Å². The molecule has 1 amide bonds. The Balaban J connectivity index is 1.28. The minimum absolute atomic E-state index is 0.0120. The summed E-state index contributed by atoms with van der Waals surface area (Å²) in [5, 5.41) is 3.99. The van der Waals surface area contributed by atoms with Crippen LogP contribution in [0.4, 0.5) is 0 Å². The highest BCUT2D eigenvalue weighted by atomic mass is 16.5. The van der Waals surface area contributed by atoms with Crippen LogP contribution < -0.4 is 9.47 Å². The van der Waals surface area contributed by atoms with Crippen molar-refractivity contribution >= 4 is 5.91 Å². The van der Waals surface area contributed by atoms with E-state index in [2.05, 4.69) is 20.1 Å². The number of hydrogen-bond acceptors (Lipinski definition) is 8. The molecular formula is C22H25N5O4. The highest BCUT2D eigenvalue weighted by Crippen LogP contribution is 2.22. The number of piperidine rings is 1. The van der Waals surface area contributed by atoms with E-state index in [4.69, 9.17) is 14.0 Å². The standard InChI is InChI=1S/C22H25N5O4/c1-2-29-17-5-7-18(8-6-17)30-15-21(28)27-11-3-4-16(14-27)12-20-25-22(26-31-20)19-13-23-9-10-24-19/h5-10,13,16H,2-4,11-12,14-15H2,1H3. The van der Waals surface area contributed by atoms with Crippen LogP contribution in [0, 0.1) is 5.92 Å². The molecule has 1 fully saturated rings. The number of benzene rings is 1. The largest absolute Gasteiger partial charge is 0.494 e.